The molecule has 170 valence electrons. The van der Waals surface area contributed by atoms with Crippen LogP contribution in [0.5, 0.6) is 5.75 Å². The van der Waals surface area contributed by atoms with E-state index in [1.54, 1.807) is 23.1 Å². The van der Waals surface area contributed by atoms with Crippen molar-refractivity contribution in [1.82, 2.24) is 19.7 Å². The zero-order valence-corrected chi connectivity index (χ0v) is 19.1. The molecule has 1 aliphatic carbocycles. The summed E-state index contributed by atoms with van der Waals surface area (Å²) in [5, 5.41) is 8.59. The molecule has 0 spiro atoms. The summed E-state index contributed by atoms with van der Waals surface area (Å²) in [6.45, 7) is 6.05. The standard InChI is InChI=1S/C25H27N5O3/c1-25(2,3)21-14-22(30(29-21)24-26-11-6-12-27-24)28-23(31)15-32-16-9-10-20-18(13-16)17-7-4-5-8-19(17)33-20/h6,9-14H,4-5,7-8,15H2,1-3H3,(H,28,31). The number of carbonyl (C=O) groups is 1. The Morgan fingerprint density at radius 2 is 1.94 bits per heavy atom. The van der Waals surface area contributed by atoms with Crippen LogP contribution in [0.15, 0.2) is 47.1 Å². The number of benzene rings is 1. The number of rotatable bonds is 5. The molecule has 0 bridgehead atoms. The van der Waals surface area contributed by atoms with E-state index in [1.807, 2.05) is 24.3 Å². The normalized spacial score (nSPS) is 13.7. The van der Waals surface area contributed by atoms with Gasteiger partial charge in [0.2, 0.25) is 0 Å². The van der Waals surface area contributed by atoms with Gasteiger partial charge >= 0.3 is 0 Å². The Morgan fingerprint density at radius 3 is 2.73 bits per heavy atom. The number of hydrogen-bond acceptors (Lipinski definition) is 6. The number of carbonyl (C=O) groups excluding carboxylic acids is 1. The molecule has 0 aliphatic heterocycles. The second-order valence-corrected chi connectivity index (χ2v) is 9.33. The second-order valence-electron chi connectivity index (χ2n) is 9.33. The van der Waals surface area contributed by atoms with Crippen LogP contribution in [0.3, 0.4) is 0 Å². The summed E-state index contributed by atoms with van der Waals surface area (Å²) in [6, 6.07) is 9.30. The molecule has 4 aromatic rings. The van der Waals surface area contributed by atoms with Gasteiger partial charge in [0.25, 0.3) is 11.9 Å². The highest BCUT2D eigenvalue weighted by molar-refractivity contribution is 5.91. The Morgan fingerprint density at radius 1 is 1.15 bits per heavy atom. The molecule has 3 heterocycles. The highest BCUT2D eigenvalue weighted by atomic mass is 16.5. The minimum absolute atomic E-state index is 0.128. The van der Waals surface area contributed by atoms with Gasteiger partial charge in [-0.15, -0.1) is 0 Å². The fourth-order valence-electron chi connectivity index (χ4n) is 4.05. The van der Waals surface area contributed by atoms with E-state index < -0.39 is 0 Å². The first-order chi connectivity index (χ1) is 15.9. The summed E-state index contributed by atoms with van der Waals surface area (Å²) in [6.07, 6.45) is 7.62. The molecule has 0 saturated carbocycles. The Bertz CT molecular complexity index is 1300. The number of nitrogens with one attached hydrogen (secondary N) is 1. The Balaban J connectivity index is 1.33. The van der Waals surface area contributed by atoms with Crippen molar-refractivity contribution in [2.24, 2.45) is 0 Å². The predicted octanol–water partition coefficient (Wildman–Crippen LogP) is 4.60. The summed E-state index contributed by atoms with van der Waals surface area (Å²) < 4.78 is 13.3. The van der Waals surface area contributed by atoms with Crippen molar-refractivity contribution >= 4 is 22.7 Å². The van der Waals surface area contributed by atoms with Gasteiger partial charge in [-0.2, -0.15) is 9.78 Å². The van der Waals surface area contributed by atoms with Crippen molar-refractivity contribution in [1.29, 1.82) is 0 Å². The van der Waals surface area contributed by atoms with Crippen molar-refractivity contribution < 1.29 is 13.9 Å². The average Bonchev–Trinajstić information content (AvgIpc) is 3.39. The highest BCUT2D eigenvalue weighted by Gasteiger charge is 2.23. The van der Waals surface area contributed by atoms with Crippen LogP contribution >= 0.6 is 0 Å². The first-order valence-corrected chi connectivity index (χ1v) is 11.2. The van der Waals surface area contributed by atoms with Crippen molar-refractivity contribution in [3.63, 3.8) is 0 Å². The van der Waals surface area contributed by atoms with Gasteiger partial charge in [-0.3, -0.25) is 4.79 Å². The molecule has 8 heteroatoms. The van der Waals surface area contributed by atoms with Gasteiger partial charge in [0.15, 0.2) is 6.61 Å². The van der Waals surface area contributed by atoms with Crippen LogP contribution in [0.25, 0.3) is 16.9 Å². The summed E-state index contributed by atoms with van der Waals surface area (Å²) in [7, 11) is 0. The van der Waals surface area contributed by atoms with Crippen molar-refractivity contribution in [2.45, 2.75) is 51.9 Å². The van der Waals surface area contributed by atoms with E-state index in [4.69, 9.17) is 9.15 Å². The zero-order chi connectivity index (χ0) is 23.0. The topological polar surface area (TPSA) is 95.1 Å². The molecule has 1 amide bonds. The molecule has 1 aliphatic rings. The number of amides is 1. The minimum atomic E-state index is -0.290. The first-order valence-electron chi connectivity index (χ1n) is 11.2. The molecule has 33 heavy (non-hydrogen) atoms. The molecule has 0 fully saturated rings. The largest absolute Gasteiger partial charge is 0.484 e. The molecule has 0 saturated heterocycles. The molecular formula is C25H27N5O3. The number of hydrogen-bond donors (Lipinski definition) is 1. The maximum atomic E-state index is 12.7. The lowest BCUT2D eigenvalue weighted by atomic mass is 9.92. The molecule has 1 N–H and O–H groups in total. The average molecular weight is 446 g/mol. The molecule has 5 rings (SSSR count). The van der Waals surface area contributed by atoms with E-state index in [2.05, 4.69) is 41.2 Å². The SMILES string of the molecule is CC(C)(C)c1cc(NC(=O)COc2ccc3oc4c(c3c2)CCCC4)n(-c2ncccn2)n1. The predicted molar refractivity (Wildman–Crippen MR) is 125 cm³/mol. The fourth-order valence-corrected chi connectivity index (χ4v) is 4.05. The monoisotopic (exact) mass is 445 g/mol. The van der Waals surface area contributed by atoms with Gasteiger partial charge in [-0.1, -0.05) is 20.8 Å². The highest BCUT2D eigenvalue weighted by Crippen LogP contribution is 2.34. The van der Waals surface area contributed by atoms with Crippen molar-refractivity contribution in [3.8, 4) is 11.7 Å². The summed E-state index contributed by atoms with van der Waals surface area (Å²) in [5.41, 5.74) is 2.77. The number of aryl methyl sites for hydroxylation is 2. The van der Waals surface area contributed by atoms with Crippen LogP contribution < -0.4 is 10.1 Å². The third kappa shape index (κ3) is 4.33. The molecular weight excluding hydrogens is 418 g/mol. The van der Waals surface area contributed by atoms with Crippen LogP contribution in [-0.4, -0.2) is 32.3 Å². The zero-order valence-electron chi connectivity index (χ0n) is 19.1. The Kier molecular flexibility index (Phi) is 5.36. The van der Waals surface area contributed by atoms with Crippen LogP contribution in [0, 0.1) is 0 Å². The van der Waals surface area contributed by atoms with Gasteiger partial charge in [0.05, 0.1) is 5.69 Å². The lowest BCUT2D eigenvalue weighted by Crippen LogP contribution is -2.22. The lowest BCUT2D eigenvalue weighted by molar-refractivity contribution is -0.118. The third-order valence-corrected chi connectivity index (χ3v) is 5.78. The van der Waals surface area contributed by atoms with Crippen LogP contribution in [-0.2, 0) is 23.1 Å². The summed E-state index contributed by atoms with van der Waals surface area (Å²) in [5.74, 6) is 2.32. The Labute approximate surface area is 192 Å². The number of furan rings is 1. The molecule has 0 unspecified atom stereocenters. The molecule has 0 radical (unpaired) electrons. The van der Waals surface area contributed by atoms with Gasteiger partial charge in [-0.25, -0.2) is 9.97 Å². The van der Waals surface area contributed by atoms with E-state index >= 15 is 0 Å². The second kappa shape index (κ2) is 8.35. The van der Waals surface area contributed by atoms with E-state index in [1.165, 1.54) is 12.0 Å². The number of fused-ring (bicyclic) bond motifs is 3. The number of anilines is 1. The number of nitrogens with zero attached hydrogens (tertiary/aromatic N) is 4. The quantitative estimate of drug-likeness (QED) is 0.482. The third-order valence-electron chi connectivity index (χ3n) is 5.78. The fraction of sp³-hybridized carbons (Fsp3) is 0.360. The lowest BCUT2D eigenvalue weighted by Gasteiger charge is -2.13. The van der Waals surface area contributed by atoms with Gasteiger partial charge in [-0.05, 0) is 43.5 Å². The molecule has 0 atom stereocenters. The van der Waals surface area contributed by atoms with E-state index in [9.17, 15) is 4.79 Å². The molecule has 8 nitrogen and oxygen atoms in total. The minimum Gasteiger partial charge on any atom is -0.484 e. The van der Waals surface area contributed by atoms with Gasteiger partial charge in [0.1, 0.15) is 22.9 Å². The molecule has 3 aromatic heterocycles. The number of ether oxygens (including phenoxy) is 1. The summed E-state index contributed by atoms with van der Waals surface area (Å²) >= 11 is 0. The van der Waals surface area contributed by atoms with Gasteiger partial charge in [0, 0.05) is 41.2 Å². The smallest absolute Gasteiger partial charge is 0.263 e. The van der Waals surface area contributed by atoms with Crippen LogP contribution in [0.2, 0.25) is 0 Å². The maximum absolute atomic E-state index is 12.7. The van der Waals surface area contributed by atoms with Crippen LogP contribution in [0.4, 0.5) is 5.82 Å². The van der Waals surface area contributed by atoms with E-state index in [-0.39, 0.29) is 17.9 Å². The number of aromatic nitrogens is 4. The molecule has 1 aromatic carbocycles. The Hall–Kier alpha value is -3.68. The summed E-state index contributed by atoms with van der Waals surface area (Å²) in [4.78, 5) is 21.3. The van der Waals surface area contributed by atoms with E-state index in [0.29, 0.717) is 17.5 Å². The van der Waals surface area contributed by atoms with E-state index in [0.717, 1.165) is 41.7 Å². The van der Waals surface area contributed by atoms with Crippen molar-refractivity contribution in [2.75, 3.05) is 11.9 Å². The van der Waals surface area contributed by atoms with Crippen LogP contribution in [0.1, 0.15) is 50.6 Å². The first kappa shape index (κ1) is 21.2. The van der Waals surface area contributed by atoms with Crippen molar-refractivity contribution in [3.05, 3.63) is 59.7 Å². The maximum Gasteiger partial charge on any atom is 0.263 e. The van der Waals surface area contributed by atoms with Gasteiger partial charge < -0.3 is 14.5 Å².